The molecule has 1 saturated heterocycles. The van der Waals surface area contributed by atoms with Gasteiger partial charge in [-0.15, -0.1) is 0 Å². The highest BCUT2D eigenvalue weighted by Gasteiger charge is 2.19. The first kappa shape index (κ1) is 16.7. The maximum absolute atomic E-state index is 11.6. The lowest BCUT2D eigenvalue weighted by Gasteiger charge is -2.25. The van der Waals surface area contributed by atoms with E-state index in [4.69, 9.17) is 4.74 Å². The molecule has 0 aliphatic carbocycles. The highest BCUT2D eigenvalue weighted by atomic mass is 16.5. The molecule has 3 rings (SSSR count). The molecule has 2 aromatic rings. The van der Waals surface area contributed by atoms with Crippen LogP contribution in [0.4, 0.5) is 5.69 Å². The summed E-state index contributed by atoms with van der Waals surface area (Å²) in [7, 11) is 0. The first-order chi connectivity index (χ1) is 11.7. The lowest BCUT2D eigenvalue weighted by molar-refractivity contribution is -0.120. The Labute approximate surface area is 141 Å². The number of aromatic nitrogens is 3. The topological polar surface area (TPSA) is 81.1 Å². The van der Waals surface area contributed by atoms with Gasteiger partial charge in [-0.25, -0.2) is 9.67 Å². The van der Waals surface area contributed by atoms with Crippen LogP contribution in [-0.4, -0.2) is 39.9 Å². The molecule has 1 fully saturated rings. The number of pyridine rings is 1. The van der Waals surface area contributed by atoms with Crippen molar-refractivity contribution in [3.05, 3.63) is 18.0 Å². The van der Waals surface area contributed by atoms with Crippen molar-refractivity contribution in [3.63, 3.8) is 0 Å². The van der Waals surface area contributed by atoms with Gasteiger partial charge in [-0.2, -0.15) is 5.10 Å². The van der Waals surface area contributed by atoms with E-state index in [1.54, 1.807) is 0 Å². The predicted octanol–water partition coefficient (Wildman–Crippen LogP) is 2.07. The van der Waals surface area contributed by atoms with Crippen LogP contribution in [0.5, 0.6) is 0 Å². The van der Waals surface area contributed by atoms with Gasteiger partial charge in [-0.1, -0.05) is 6.92 Å². The summed E-state index contributed by atoms with van der Waals surface area (Å²) in [5.41, 5.74) is 2.90. The molecule has 3 heterocycles. The summed E-state index contributed by atoms with van der Waals surface area (Å²) in [6.07, 6.45) is 6.14. The Morgan fingerprint density at radius 3 is 2.83 bits per heavy atom. The van der Waals surface area contributed by atoms with E-state index in [2.05, 4.69) is 27.6 Å². The fourth-order valence-corrected chi connectivity index (χ4v) is 2.97. The number of anilines is 1. The Morgan fingerprint density at radius 1 is 1.33 bits per heavy atom. The monoisotopic (exact) mass is 331 g/mol. The van der Waals surface area contributed by atoms with Gasteiger partial charge in [0, 0.05) is 50.5 Å². The molecule has 0 spiro atoms. The number of hydrogen-bond donors (Lipinski definition) is 2. The predicted molar refractivity (Wildman–Crippen MR) is 92.8 cm³/mol. The first-order valence-corrected chi connectivity index (χ1v) is 8.67. The maximum atomic E-state index is 11.6. The van der Waals surface area contributed by atoms with Crippen LogP contribution in [0.15, 0.2) is 12.4 Å². The van der Waals surface area contributed by atoms with E-state index in [0.29, 0.717) is 19.0 Å². The zero-order valence-electron chi connectivity index (χ0n) is 14.3. The molecule has 2 aromatic heterocycles. The molecule has 1 amide bonds. The van der Waals surface area contributed by atoms with E-state index in [1.807, 2.05) is 24.0 Å². The highest BCUT2D eigenvalue weighted by molar-refractivity contribution is 5.91. The molecule has 0 unspecified atom stereocenters. The number of carbonyl (C=O) groups excluding carboxylic acids is 1. The van der Waals surface area contributed by atoms with Crippen LogP contribution >= 0.6 is 0 Å². The number of fused-ring (bicyclic) bond motifs is 1. The Kier molecular flexibility index (Phi) is 5.30. The third-order valence-electron chi connectivity index (χ3n) is 4.41. The van der Waals surface area contributed by atoms with Gasteiger partial charge in [0.05, 0.1) is 17.3 Å². The summed E-state index contributed by atoms with van der Waals surface area (Å²) in [6.45, 7) is 6.71. The lowest BCUT2D eigenvalue weighted by Crippen LogP contribution is -2.29. The second-order valence-corrected chi connectivity index (χ2v) is 6.02. The average Bonchev–Trinajstić information content (AvgIpc) is 3.05. The Morgan fingerprint density at radius 2 is 2.12 bits per heavy atom. The summed E-state index contributed by atoms with van der Waals surface area (Å²) in [5.74, 6) is 0.0383. The summed E-state index contributed by atoms with van der Waals surface area (Å²) >= 11 is 0. The first-order valence-electron chi connectivity index (χ1n) is 8.67. The van der Waals surface area contributed by atoms with Gasteiger partial charge in [0.1, 0.15) is 0 Å². The highest BCUT2D eigenvalue weighted by Crippen LogP contribution is 2.28. The number of carbonyl (C=O) groups is 1. The molecule has 0 radical (unpaired) electrons. The number of nitrogens with zero attached hydrogens (tertiary/aromatic N) is 3. The standard InChI is InChI=1S/C17H25N5O2/c1-3-15(23)18-9-12-10-19-17-14(11-20-22(17)4-2)16(12)21-13-5-7-24-8-6-13/h10-11,13H,3-9H2,1-2H3,(H,18,23)(H,19,21). The normalized spacial score (nSPS) is 15.6. The average molecular weight is 331 g/mol. The van der Waals surface area contributed by atoms with Gasteiger partial charge in [0.2, 0.25) is 5.91 Å². The quantitative estimate of drug-likeness (QED) is 0.847. The second-order valence-electron chi connectivity index (χ2n) is 6.02. The molecule has 7 heteroatoms. The maximum Gasteiger partial charge on any atom is 0.219 e. The van der Waals surface area contributed by atoms with E-state index in [1.165, 1.54) is 0 Å². The third kappa shape index (κ3) is 3.51. The van der Waals surface area contributed by atoms with E-state index in [-0.39, 0.29) is 5.91 Å². The molecule has 2 N–H and O–H groups in total. The minimum absolute atomic E-state index is 0.0383. The molecule has 0 bridgehead atoms. The van der Waals surface area contributed by atoms with Crippen LogP contribution in [0.3, 0.4) is 0 Å². The minimum atomic E-state index is 0.0383. The molecule has 24 heavy (non-hydrogen) atoms. The molecule has 0 aromatic carbocycles. The van der Waals surface area contributed by atoms with Gasteiger partial charge in [0.15, 0.2) is 5.65 Å². The summed E-state index contributed by atoms with van der Waals surface area (Å²) < 4.78 is 7.33. The van der Waals surface area contributed by atoms with Gasteiger partial charge >= 0.3 is 0 Å². The SMILES string of the molecule is CCC(=O)NCc1cnc2c(cnn2CC)c1NC1CCOCC1. The van der Waals surface area contributed by atoms with Crippen molar-refractivity contribution in [1.82, 2.24) is 20.1 Å². The summed E-state index contributed by atoms with van der Waals surface area (Å²) in [4.78, 5) is 16.2. The minimum Gasteiger partial charge on any atom is -0.381 e. The fraction of sp³-hybridized carbons (Fsp3) is 0.588. The van der Waals surface area contributed by atoms with Crippen LogP contribution in [0.25, 0.3) is 11.0 Å². The van der Waals surface area contributed by atoms with Gasteiger partial charge in [0.25, 0.3) is 0 Å². The van der Waals surface area contributed by atoms with Crippen molar-refractivity contribution in [2.45, 2.75) is 52.2 Å². The number of nitrogens with one attached hydrogen (secondary N) is 2. The van der Waals surface area contributed by atoms with Gasteiger partial charge < -0.3 is 15.4 Å². The van der Waals surface area contributed by atoms with Gasteiger partial charge in [-0.05, 0) is 19.8 Å². The van der Waals surface area contributed by atoms with E-state index < -0.39 is 0 Å². The van der Waals surface area contributed by atoms with Crippen molar-refractivity contribution in [2.75, 3.05) is 18.5 Å². The molecule has 0 saturated carbocycles. The number of rotatable bonds is 6. The van der Waals surface area contributed by atoms with Crippen LogP contribution in [0, 0.1) is 0 Å². The third-order valence-corrected chi connectivity index (χ3v) is 4.41. The van der Waals surface area contributed by atoms with Crippen molar-refractivity contribution >= 4 is 22.6 Å². The zero-order valence-corrected chi connectivity index (χ0v) is 14.3. The van der Waals surface area contributed by atoms with Gasteiger partial charge in [-0.3, -0.25) is 4.79 Å². The van der Waals surface area contributed by atoms with Crippen LogP contribution < -0.4 is 10.6 Å². The van der Waals surface area contributed by atoms with E-state index >= 15 is 0 Å². The zero-order chi connectivity index (χ0) is 16.9. The van der Waals surface area contributed by atoms with Crippen LogP contribution in [-0.2, 0) is 22.6 Å². The smallest absolute Gasteiger partial charge is 0.219 e. The molecule has 1 aliphatic heterocycles. The number of ether oxygens (including phenoxy) is 1. The number of amides is 1. The fourth-order valence-electron chi connectivity index (χ4n) is 2.97. The summed E-state index contributed by atoms with van der Waals surface area (Å²) in [5, 5.41) is 12.0. The largest absolute Gasteiger partial charge is 0.381 e. The number of hydrogen-bond acceptors (Lipinski definition) is 5. The lowest BCUT2D eigenvalue weighted by atomic mass is 10.1. The Bertz CT molecular complexity index is 706. The van der Waals surface area contributed by atoms with Crippen LogP contribution in [0.1, 0.15) is 38.7 Å². The van der Waals surface area contributed by atoms with Crippen molar-refractivity contribution in [2.24, 2.45) is 0 Å². The molecule has 7 nitrogen and oxygen atoms in total. The number of aryl methyl sites for hydroxylation is 1. The molecular formula is C17H25N5O2. The molecule has 130 valence electrons. The summed E-state index contributed by atoms with van der Waals surface area (Å²) in [6, 6.07) is 0.370. The second kappa shape index (κ2) is 7.61. The van der Waals surface area contributed by atoms with Crippen molar-refractivity contribution < 1.29 is 9.53 Å². The van der Waals surface area contributed by atoms with E-state index in [9.17, 15) is 4.79 Å². The Balaban J connectivity index is 1.92. The Hall–Kier alpha value is -2.15. The van der Waals surface area contributed by atoms with Crippen molar-refractivity contribution in [3.8, 4) is 0 Å². The van der Waals surface area contributed by atoms with E-state index in [0.717, 1.165) is 54.9 Å². The van der Waals surface area contributed by atoms with Crippen LogP contribution in [0.2, 0.25) is 0 Å². The molecular weight excluding hydrogens is 306 g/mol. The molecule has 0 atom stereocenters. The van der Waals surface area contributed by atoms with Crippen molar-refractivity contribution in [1.29, 1.82) is 0 Å². The molecule has 1 aliphatic rings.